The number of aliphatic hydroxyl groups excluding tert-OH is 1. The SMILES string of the molecule is COC(=O)c1cc(-c2cccc3cc4ccccc4cc23)ccc1NC1=C(O)/C(=C/C2=[N+](C)c3ccccc3C2(C)C)C1=O.Cl. The van der Waals surface area contributed by atoms with Crippen molar-refractivity contribution in [2.45, 2.75) is 19.3 Å². The number of para-hydroxylation sites is 1. The molecule has 2 N–H and O–H groups in total. The summed E-state index contributed by atoms with van der Waals surface area (Å²) in [6.07, 6.45) is 1.76. The molecule has 7 rings (SSSR count). The Bertz CT molecular complexity index is 2170. The number of methoxy groups -OCH3 is 1. The van der Waals surface area contributed by atoms with Crippen molar-refractivity contribution in [1.29, 1.82) is 0 Å². The number of Topliss-reactive ketones (excluding diaryl/α,β-unsaturated/α-hetero) is 1. The summed E-state index contributed by atoms with van der Waals surface area (Å²) in [6, 6.07) is 32.2. The van der Waals surface area contributed by atoms with E-state index in [0.29, 0.717) is 5.69 Å². The Labute approximate surface area is 267 Å². The largest absolute Gasteiger partial charge is 0.505 e. The summed E-state index contributed by atoms with van der Waals surface area (Å²) < 4.78 is 7.17. The molecular formula is C38H32ClN2O4+. The van der Waals surface area contributed by atoms with Gasteiger partial charge in [0.1, 0.15) is 12.7 Å². The molecule has 0 atom stereocenters. The number of halogens is 1. The number of hydrogen-bond acceptors (Lipinski definition) is 5. The first-order valence-corrected chi connectivity index (χ1v) is 14.5. The first-order chi connectivity index (χ1) is 21.2. The van der Waals surface area contributed by atoms with Crippen molar-refractivity contribution in [3.63, 3.8) is 0 Å². The Morgan fingerprint density at radius 2 is 1.58 bits per heavy atom. The van der Waals surface area contributed by atoms with E-state index in [4.69, 9.17) is 4.74 Å². The zero-order chi connectivity index (χ0) is 30.7. The molecule has 2 aliphatic rings. The summed E-state index contributed by atoms with van der Waals surface area (Å²) in [5.74, 6) is -1.01. The third-order valence-electron chi connectivity index (χ3n) is 8.93. The summed E-state index contributed by atoms with van der Waals surface area (Å²) >= 11 is 0. The van der Waals surface area contributed by atoms with Gasteiger partial charge in [0.2, 0.25) is 11.5 Å². The molecule has 0 radical (unpaired) electrons. The molecule has 0 saturated heterocycles. The minimum atomic E-state index is -0.551. The molecule has 0 spiro atoms. The summed E-state index contributed by atoms with van der Waals surface area (Å²) in [7, 11) is 3.29. The summed E-state index contributed by atoms with van der Waals surface area (Å²) in [5.41, 5.74) is 5.51. The van der Waals surface area contributed by atoms with Crippen LogP contribution in [0.3, 0.4) is 0 Å². The van der Waals surface area contributed by atoms with Crippen LogP contribution in [0, 0.1) is 0 Å². The monoisotopic (exact) mass is 615 g/mol. The van der Waals surface area contributed by atoms with Crippen LogP contribution < -0.4 is 5.32 Å². The van der Waals surface area contributed by atoms with Crippen molar-refractivity contribution in [2.75, 3.05) is 19.5 Å². The number of rotatable bonds is 5. The van der Waals surface area contributed by atoms with Gasteiger partial charge in [-0.1, -0.05) is 66.7 Å². The number of ketones is 1. The lowest BCUT2D eigenvalue weighted by atomic mass is 9.79. The predicted molar refractivity (Wildman–Crippen MR) is 182 cm³/mol. The average Bonchev–Trinajstić information content (AvgIpc) is 3.24. The third-order valence-corrected chi connectivity index (χ3v) is 8.93. The number of carbonyl (C=O) groups excluding carboxylic acids is 2. The number of benzene rings is 5. The molecule has 5 aromatic rings. The third kappa shape index (κ3) is 4.69. The van der Waals surface area contributed by atoms with E-state index in [-0.39, 0.29) is 46.2 Å². The van der Waals surface area contributed by atoms with Crippen LogP contribution in [0.4, 0.5) is 11.4 Å². The zero-order valence-electron chi connectivity index (χ0n) is 25.3. The smallest absolute Gasteiger partial charge is 0.339 e. The maximum atomic E-state index is 13.4. The molecule has 0 fully saturated rings. The fourth-order valence-electron chi connectivity index (χ4n) is 6.52. The Balaban J connectivity index is 0.00000357. The van der Waals surface area contributed by atoms with E-state index in [1.807, 2.05) is 55.6 Å². The number of hydrogen-bond donors (Lipinski definition) is 2. The van der Waals surface area contributed by atoms with Gasteiger partial charge in [0.05, 0.1) is 29.3 Å². The van der Waals surface area contributed by atoms with E-state index in [1.165, 1.54) is 7.11 Å². The first-order valence-electron chi connectivity index (χ1n) is 14.5. The standard InChI is InChI=1S/C38H30N2O4.ClH/c1-38(2)30-14-7-8-15-32(30)40(3)33(38)21-29-35(41)34(36(29)42)39-31-17-16-25(20-28(31)37(43)44-4)26-13-9-12-24-18-22-10-5-6-11-23(22)19-27(24)26;/h5-21H,1-4H3,(H,41,42);1H/p+1. The van der Waals surface area contributed by atoms with Crippen LogP contribution in [0.25, 0.3) is 32.7 Å². The molecule has 0 saturated carbocycles. The molecule has 5 aromatic carbocycles. The van der Waals surface area contributed by atoms with Crippen LogP contribution in [0.2, 0.25) is 0 Å². The maximum absolute atomic E-state index is 13.4. The number of fused-ring (bicyclic) bond motifs is 3. The molecule has 7 heteroatoms. The summed E-state index contributed by atoms with van der Waals surface area (Å²) in [6.45, 7) is 4.21. The highest BCUT2D eigenvalue weighted by Crippen LogP contribution is 2.41. The molecular weight excluding hydrogens is 584 g/mol. The topological polar surface area (TPSA) is 78.6 Å². The Morgan fingerprint density at radius 3 is 2.29 bits per heavy atom. The average molecular weight is 616 g/mol. The van der Waals surface area contributed by atoms with Crippen LogP contribution in [0.15, 0.2) is 120 Å². The van der Waals surface area contributed by atoms with Crippen molar-refractivity contribution in [2.24, 2.45) is 0 Å². The van der Waals surface area contributed by atoms with Gasteiger partial charge in [0, 0.05) is 17.7 Å². The number of aliphatic hydroxyl groups is 1. The highest BCUT2D eigenvalue weighted by Gasteiger charge is 2.45. The van der Waals surface area contributed by atoms with Crippen LogP contribution in [0.1, 0.15) is 29.8 Å². The quantitative estimate of drug-likeness (QED) is 0.0900. The van der Waals surface area contributed by atoms with Gasteiger partial charge in [-0.05, 0) is 70.8 Å². The Morgan fingerprint density at radius 1 is 0.889 bits per heavy atom. The van der Waals surface area contributed by atoms with Gasteiger partial charge in [-0.25, -0.2) is 4.79 Å². The van der Waals surface area contributed by atoms with Gasteiger partial charge in [-0.15, -0.1) is 12.4 Å². The molecule has 6 nitrogen and oxygen atoms in total. The number of nitrogens with zero attached hydrogens (tertiary/aromatic N) is 1. The zero-order valence-corrected chi connectivity index (χ0v) is 26.2. The fraction of sp³-hybridized carbons (Fsp3) is 0.132. The molecule has 1 heterocycles. The summed E-state index contributed by atoms with van der Waals surface area (Å²) in [5, 5.41) is 18.5. The normalized spacial score (nSPS) is 16.1. The van der Waals surface area contributed by atoms with E-state index in [9.17, 15) is 14.7 Å². The molecule has 0 bridgehead atoms. The number of nitrogens with one attached hydrogen (secondary N) is 1. The molecule has 1 aliphatic heterocycles. The first kappa shape index (κ1) is 29.9. The minimum absolute atomic E-state index is 0. The highest BCUT2D eigenvalue weighted by atomic mass is 35.5. The van der Waals surface area contributed by atoms with Crippen LogP contribution in [0.5, 0.6) is 0 Å². The van der Waals surface area contributed by atoms with Crippen molar-refractivity contribution >= 4 is 62.8 Å². The van der Waals surface area contributed by atoms with Crippen LogP contribution in [-0.2, 0) is 14.9 Å². The predicted octanol–water partition coefficient (Wildman–Crippen LogP) is 8.27. The second-order valence-electron chi connectivity index (χ2n) is 11.8. The van der Waals surface area contributed by atoms with Crippen molar-refractivity contribution in [1.82, 2.24) is 0 Å². The van der Waals surface area contributed by atoms with Crippen LogP contribution >= 0.6 is 12.4 Å². The fourth-order valence-corrected chi connectivity index (χ4v) is 6.52. The lowest BCUT2D eigenvalue weighted by Crippen LogP contribution is -2.32. The number of carbonyl (C=O) groups is 2. The van der Waals surface area contributed by atoms with Gasteiger partial charge in [0.15, 0.2) is 11.5 Å². The van der Waals surface area contributed by atoms with Gasteiger partial charge in [-0.3, -0.25) is 4.79 Å². The molecule has 1 aliphatic carbocycles. The van der Waals surface area contributed by atoms with Crippen molar-refractivity contribution in [3.05, 3.63) is 131 Å². The van der Waals surface area contributed by atoms with E-state index in [1.54, 1.807) is 18.2 Å². The van der Waals surface area contributed by atoms with Gasteiger partial charge in [0.25, 0.3) is 0 Å². The molecule has 224 valence electrons. The van der Waals surface area contributed by atoms with E-state index < -0.39 is 5.97 Å². The van der Waals surface area contributed by atoms with E-state index in [0.717, 1.165) is 49.6 Å². The van der Waals surface area contributed by atoms with Crippen molar-refractivity contribution < 1.29 is 24.0 Å². The van der Waals surface area contributed by atoms with E-state index >= 15 is 0 Å². The molecule has 0 unspecified atom stereocenters. The summed E-state index contributed by atoms with van der Waals surface area (Å²) in [4.78, 5) is 26.3. The Kier molecular flexibility index (Phi) is 7.34. The lowest BCUT2D eigenvalue weighted by Gasteiger charge is -2.24. The molecule has 0 amide bonds. The highest BCUT2D eigenvalue weighted by molar-refractivity contribution is 6.24. The van der Waals surface area contributed by atoms with Gasteiger partial charge in [-0.2, -0.15) is 4.58 Å². The lowest BCUT2D eigenvalue weighted by molar-refractivity contribution is -0.401. The maximum Gasteiger partial charge on any atom is 0.339 e. The van der Waals surface area contributed by atoms with Crippen molar-refractivity contribution in [3.8, 4) is 11.1 Å². The Hall–Kier alpha value is -5.20. The number of ether oxygens (including phenoxy) is 1. The number of allylic oxidation sites excluding steroid dienone is 3. The second kappa shape index (κ2) is 11.1. The number of anilines is 1. The van der Waals surface area contributed by atoms with Gasteiger partial charge < -0.3 is 15.2 Å². The van der Waals surface area contributed by atoms with Crippen LogP contribution in [-0.4, -0.2) is 41.3 Å². The molecule has 0 aromatic heterocycles. The number of esters is 1. The van der Waals surface area contributed by atoms with E-state index in [2.05, 4.69) is 60.1 Å². The molecule has 45 heavy (non-hydrogen) atoms. The second-order valence-corrected chi connectivity index (χ2v) is 11.8. The van der Waals surface area contributed by atoms with Gasteiger partial charge >= 0.3 is 5.97 Å². The minimum Gasteiger partial charge on any atom is -0.505 e.